The van der Waals surface area contributed by atoms with Gasteiger partial charge < -0.3 is 19.5 Å². The lowest BCUT2D eigenvalue weighted by Gasteiger charge is -2.35. The zero-order valence-corrected chi connectivity index (χ0v) is 16.4. The Morgan fingerprint density at radius 2 is 1.93 bits per heavy atom. The van der Waals surface area contributed by atoms with Crippen molar-refractivity contribution in [1.82, 2.24) is 21.1 Å². The summed E-state index contributed by atoms with van der Waals surface area (Å²) >= 11 is 5.19. The summed E-state index contributed by atoms with van der Waals surface area (Å²) in [5.74, 6) is 1.37. The van der Waals surface area contributed by atoms with Crippen LogP contribution >= 0.6 is 12.2 Å². The highest BCUT2D eigenvalue weighted by molar-refractivity contribution is 7.80. The van der Waals surface area contributed by atoms with Crippen molar-refractivity contribution in [2.75, 3.05) is 26.4 Å². The third kappa shape index (κ3) is 5.95. The fourth-order valence-corrected chi connectivity index (χ4v) is 3.32. The first-order chi connectivity index (χ1) is 13.0. The van der Waals surface area contributed by atoms with E-state index in [2.05, 4.69) is 34.9 Å². The SMILES string of the molecule is C[C@@H]1CN(CCC(=O)NNC(=S)NCc2ccc3c(c2)OCO3)C[C@H](C)O1. The van der Waals surface area contributed by atoms with E-state index in [1.54, 1.807) is 0 Å². The number of amides is 1. The van der Waals surface area contributed by atoms with Gasteiger partial charge in [-0.2, -0.15) is 0 Å². The third-order valence-electron chi connectivity index (χ3n) is 4.36. The number of nitrogens with zero attached hydrogens (tertiary/aromatic N) is 1. The molecular weight excluding hydrogens is 368 g/mol. The molecule has 3 N–H and O–H groups in total. The molecule has 0 radical (unpaired) electrons. The molecule has 2 aliphatic heterocycles. The monoisotopic (exact) mass is 394 g/mol. The number of rotatable bonds is 5. The van der Waals surface area contributed by atoms with Crippen molar-refractivity contribution < 1.29 is 19.0 Å². The highest BCUT2D eigenvalue weighted by atomic mass is 32.1. The van der Waals surface area contributed by atoms with E-state index in [0.29, 0.717) is 24.6 Å². The number of hydrogen-bond acceptors (Lipinski definition) is 6. The van der Waals surface area contributed by atoms with Crippen molar-refractivity contribution >= 4 is 23.2 Å². The number of thiocarbonyl (C=S) groups is 1. The Morgan fingerprint density at radius 3 is 2.70 bits per heavy atom. The van der Waals surface area contributed by atoms with Crippen LogP contribution in [0.5, 0.6) is 11.5 Å². The Hall–Kier alpha value is -2.10. The zero-order chi connectivity index (χ0) is 19.2. The lowest BCUT2D eigenvalue weighted by atomic mass is 10.2. The van der Waals surface area contributed by atoms with Gasteiger partial charge in [-0.05, 0) is 43.8 Å². The van der Waals surface area contributed by atoms with Crippen LogP contribution in [0.15, 0.2) is 18.2 Å². The summed E-state index contributed by atoms with van der Waals surface area (Å²) in [4.78, 5) is 14.3. The first kappa shape index (κ1) is 19.7. The van der Waals surface area contributed by atoms with Crippen LogP contribution in [0.1, 0.15) is 25.8 Å². The number of carbonyl (C=O) groups is 1. The molecule has 1 amide bonds. The summed E-state index contributed by atoms with van der Waals surface area (Å²) in [6, 6.07) is 5.71. The smallest absolute Gasteiger partial charge is 0.239 e. The summed E-state index contributed by atoms with van der Waals surface area (Å²) in [5, 5.41) is 3.40. The highest BCUT2D eigenvalue weighted by Gasteiger charge is 2.22. The molecule has 0 bridgehead atoms. The molecule has 2 atom stereocenters. The lowest BCUT2D eigenvalue weighted by molar-refractivity contribution is -0.123. The van der Waals surface area contributed by atoms with Crippen LogP contribution in [0.25, 0.3) is 0 Å². The van der Waals surface area contributed by atoms with E-state index in [1.165, 1.54) is 0 Å². The second-order valence-electron chi connectivity index (χ2n) is 6.81. The minimum Gasteiger partial charge on any atom is -0.454 e. The largest absolute Gasteiger partial charge is 0.454 e. The van der Waals surface area contributed by atoms with Gasteiger partial charge in [-0.1, -0.05) is 6.07 Å². The maximum absolute atomic E-state index is 12.0. The average Bonchev–Trinajstić information content (AvgIpc) is 3.10. The molecule has 148 valence electrons. The minimum absolute atomic E-state index is 0.103. The van der Waals surface area contributed by atoms with Crippen molar-refractivity contribution in [3.63, 3.8) is 0 Å². The Labute approximate surface area is 164 Å². The van der Waals surface area contributed by atoms with E-state index < -0.39 is 0 Å². The maximum Gasteiger partial charge on any atom is 0.239 e. The number of morpholine rings is 1. The van der Waals surface area contributed by atoms with Crippen LogP contribution in [-0.2, 0) is 16.1 Å². The van der Waals surface area contributed by atoms with Crippen LogP contribution in [0.2, 0.25) is 0 Å². The van der Waals surface area contributed by atoms with Gasteiger partial charge in [-0.15, -0.1) is 0 Å². The molecule has 0 saturated carbocycles. The van der Waals surface area contributed by atoms with Crippen LogP contribution in [-0.4, -0.2) is 54.6 Å². The molecule has 2 heterocycles. The predicted molar refractivity (Wildman–Crippen MR) is 104 cm³/mol. The first-order valence-electron chi connectivity index (χ1n) is 9.08. The van der Waals surface area contributed by atoms with E-state index >= 15 is 0 Å². The van der Waals surface area contributed by atoms with Crippen molar-refractivity contribution in [2.45, 2.75) is 39.0 Å². The Kier molecular flexibility index (Phi) is 6.70. The molecule has 8 nitrogen and oxygen atoms in total. The van der Waals surface area contributed by atoms with E-state index in [4.69, 9.17) is 26.4 Å². The Balaban J connectivity index is 1.32. The number of fused-ring (bicyclic) bond motifs is 1. The van der Waals surface area contributed by atoms with Crippen molar-refractivity contribution in [3.05, 3.63) is 23.8 Å². The molecule has 0 aliphatic carbocycles. The van der Waals surface area contributed by atoms with Crippen LogP contribution in [0.3, 0.4) is 0 Å². The van der Waals surface area contributed by atoms with Gasteiger partial charge in [0.2, 0.25) is 12.7 Å². The fraction of sp³-hybridized carbons (Fsp3) is 0.556. The minimum atomic E-state index is -0.103. The fourth-order valence-electron chi connectivity index (χ4n) is 3.19. The molecule has 1 saturated heterocycles. The second kappa shape index (κ2) is 9.20. The van der Waals surface area contributed by atoms with Gasteiger partial charge in [0.25, 0.3) is 0 Å². The topological polar surface area (TPSA) is 84.1 Å². The number of benzene rings is 1. The van der Waals surface area contributed by atoms with E-state index in [0.717, 1.165) is 30.2 Å². The molecule has 3 rings (SSSR count). The highest BCUT2D eigenvalue weighted by Crippen LogP contribution is 2.32. The van der Waals surface area contributed by atoms with Gasteiger partial charge in [0.1, 0.15) is 0 Å². The summed E-state index contributed by atoms with van der Waals surface area (Å²) in [6.45, 7) is 7.26. The Morgan fingerprint density at radius 1 is 1.19 bits per heavy atom. The summed E-state index contributed by atoms with van der Waals surface area (Å²) < 4.78 is 16.3. The predicted octanol–water partition coefficient (Wildman–Crippen LogP) is 0.910. The molecule has 1 aromatic rings. The maximum atomic E-state index is 12.0. The number of hydrogen-bond donors (Lipinski definition) is 3. The van der Waals surface area contributed by atoms with Gasteiger partial charge in [-0.3, -0.25) is 20.5 Å². The van der Waals surface area contributed by atoms with Gasteiger partial charge in [0.05, 0.1) is 12.2 Å². The van der Waals surface area contributed by atoms with Gasteiger partial charge in [-0.25, -0.2) is 0 Å². The average molecular weight is 394 g/mol. The molecular formula is C18H26N4O4S. The molecule has 1 fully saturated rings. The number of ether oxygens (including phenoxy) is 3. The van der Waals surface area contributed by atoms with Crippen molar-refractivity contribution in [1.29, 1.82) is 0 Å². The van der Waals surface area contributed by atoms with E-state index in [9.17, 15) is 4.79 Å². The van der Waals surface area contributed by atoms with Gasteiger partial charge >= 0.3 is 0 Å². The Bertz CT molecular complexity index is 677. The molecule has 27 heavy (non-hydrogen) atoms. The van der Waals surface area contributed by atoms with Crippen LogP contribution in [0, 0.1) is 0 Å². The van der Waals surface area contributed by atoms with E-state index in [1.807, 2.05) is 18.2 Å². The molecule has 0 aromatic heterocycles. The first-order valence-corrected chi connectivity index (χ1v) is 9.49. The van der Waals surface area contributed by atoms with E-state index in [-0.39, 0.29) is 24.9 Å². The molecule has 0 unspecified atom stereocenters. The summed E-state index contributed by atoms with van der Waals surface area (Å²) in [5.41, 5.74) is 6.36. The summed E-state index contributed by atoms with van der Waals surface area (Å²) in [6.07, 6.45) is 0.794. The normalized spacial score (nSPS) is 21.6. The standard InChI is InChI=1S/C18H26N4O4S/c1-12-9-22(10-13(2)26-12)6-5-17(23)20-21-18(27)19-8-14-3-4-15-16(7-14)25-11-24-15/h3-4,7,12-13H,5-6,8-11H2,1-2H3,(H,20,23)(H2,19,21,27)/t12-,13+. The van der Waals surface area contributed by atoms with Crippen LogP contribution in [0.4, 0.5) is 0 Å². The quantitative estimate of drug-likeness (QED) is 0.502. The molecule has 0 spiro atoms. The third-order valence-corrected chi connectivity index (χ3v) is 4.60. The molecule has 1 aromatic carbocycles. The van der Waals surface area contributed by atoms with Crippen LogP contribution < -0.4 is 25.6 Å². The van der Waals surface area contributed by atoms with Crippen molar-refractivity contribution in [2.24, 2.45) is 0 Å². The lowest BCUT2D eigenvalue weighted by Crippen LogP contribution is -2.49. The van der Waals surface area contributed by atoms with Gasteiger partial charge in [0, 0.05) is 32.6 Å². The molecule has 9 heteroatoms. The second-order valence-corrected chi connectivity index (χ2v) is 7.22. The van der Waals surface area contributed by atoms with Gasteiger partial charge in [0.15, 0.2) is 16.6 Å². The molecule has 2 aliphatic rings. The zero-order valence-electron chi connectivity index (χ0n) is 15.6. The number of nitrogens with one attached hydrogen (secondary N) is 3. The number of carbonyl (C=O) groups excluding carboxylic acids is 1. The number of hydrazine groups is 1. The van der Waals surface area contributed by atoms with Crippen molar-refractivity contribution in [3.8, 4) is 11.5 Å². The summed E-state index contributed by atoms with van der Waals surface area (Å²) in [7, 11) is 0.